The second kappa shape index (κ2) is 9.84. The Morgan fingerprint density at radius 2 is 1.97 bits per heavy atom. The van der Waals surface area contributed by atoms with E-state index in [-0.39, 0.29) is 10.7 Å². The van der Waals surface area contributed by atoms with Crippen LogP contribution in [0.15, 0.2) is 47.6 Å². The molecule has 3 aromatic rings. The van der Waals surface area contributed by atoms with E-state index in [0.29, 0.717) is 6.54 Å². The minimum atomic E-state index is -3.49. The molecular weight excluding hydrogens is 435 g/mol. The van der Waals surface area contributed by atoms with Crippen LogP contribution < -0.4 is 10.0 Å². The van der Waals surface area contributed by atoms with Gasteiger partial charge < -0.3 is 5.32 Å². The number of nitrogens with one attached hydrogen (secondary N) is 2. The van der Waals surface area contributed by atoms with Crippen LogP contribution in [0, 0.1) is 5.82 Å². The summed E-state index contributed by atoms with van der Waals surface area (Å²) >= 11 is 1.65. The molecule has 1 aromatic carbocycles. The highest BCUT2D eigenvalue weighted by atomic mass is 32.2. The monoisotopic (exact) mass is 460 g/mol. The number of unbranched alkanes of at least 4 members (excludes halogenated alkanes) is 2. The van der Waals surface area contributed by atoms with Gasteiger partial charge >= 0.3 is 0 Å². The Labute approximate surface area is 186 Å². The van der Waals surface area contributed by atoms with Gasteiger partial charge in [0.2, 0.25) is 10.0 Å². The Bertz CT molecular complexity index is 1130. The van der Waals surface area contributed by atoms with Crippen molar-refractivity contribution in [3.63, 3.8) is 0 Å². The van der Waals surface area contributed by atoms with Crippen LogP contribution >= 0.6 is 11.3 Å². The van der Waals surface area contributed by atoms with Gasteiger partial charge in [-0.05, 0) is 61.9 Å². The molecule has 0 atom stereocenters. The quantitative estimate of drug-likeness (QED) is 0.463. The lowest BCUT2D eigenvalue weighted by molar-refractivity contribution is 0.575. The molecule has 9 heteroatoms. The van der Waals surface area contributed by atoms with Crippen molar-refractivity contribution in [3.8, 4) is 11.3 Å². The molecule has 0 radical (unpaired) electrons. The van der Waals surface area contributed by atoms with Crippen molar-refractivity contribution < 1.29 is 12.8 Å². The minimum Gasteiger partial charge on any atom is -0.361 e. The number of aromatic nitrogens is 2. The van der Waals surface area contributed by atoms with Gasteiger partial charge in [-0.2, -0.15) is 0 Å². The fourth-order valence-electron chi connectivity index (χ4n) is 3.65. The summed E-state index contributed by atoms with van der Waals surface area (Å²) in [6.45, 7) is 1.16. The van der Waals surface area contributed by atoms with Gasteiger partial charge in [-0.25, -0.2) is 22.5 Å². The number of benzene rings is 1. The molecular formula is C22H25FN4O2S2. The summed E-state index contributed by atoms with van der Waals surface area (Å²) in [7, 11) is -3.49. The number of thiazole rings is 1. The highest BCUT2D eigenvalue weighted by Crippen LogP contribution is 2.37. The zero-order valence-corrected chi connectivity index (χ0v) is 18.7. The SMILES string of the molecule is O=S(=O)(NCCCCCNc1nc2c(s1)CCCc1ccc(F)cc1-2)c1cccnc1. The lowest BCUT2D eigenvalue weighted by atomic mass is 10.0. The van der Waals surface area contributed by atoms with Crippen LogP contribution in [-0.4, -0.2) is 31.5 Å². The molecule has 0 spiro atoms. The molecule has 31 heavy (non-hydrogen) atoms. The second-order valence-corrected chi connectivity index (χ2v) is 10.4. The number of nitrogens with zero attached hydrogens (tertiary/aromatic N) is 2. The molecule has 2 aromatic heterocycles. The molecule has 0 unspecified atom stereocenters. The fourth-order valence-corrected chi connectivity index (χ4v) is 5.73. The Kier molecular flexibility index (Phi) is 6.94. The van der Waals surface area contributed by atoms with Crippen LogP contribution in [-0.2, 0) is 22.9 Å². The van der Waals surface area contributed by atoms with Crippen molar-refractivity contribution in [2.75, 3.05) is 18.4 Å². The van der Waals surface area contributed by atoms with Crippen molar-refractivity contribution in [2.24, 2.45) is 0 Å². The maximum atomic E-state index is 13.8. The van der Waals surface area contributed by atoms with Crippen LogP contribution in [0.3, 0.4) is 0 Å². The van der Waals surface area contributed by atoms with Crippen molar-refractivity contribution in [3.05, 3.63) is 59.0 Å². The van der Waals surface area contributed by atoms with Gasteiger partial charge in [0, 0.05) is 35.9 Å². The van der Waals surface area contributed by atoms with Crippen LogP contribution in [0.4, 0.5) is 9.52 Å². The molecule has 0 bridgehead atoms. The van der Waals surface area contributed by atoms with Crippen LogP contribution in [0.25, 0.3) is 11.3 Å². The average Bonchev–Trinajstić information content (AvgIpc) is 3.10. The van der Waals surface area contributed by atoms with Gasteiger partial charge in [0.15, 0.2) is 5.13 Å². The molecule has 4 rings (SSSR count). The van der Waals surface area contributed by atoms with Gasteiger partial charge in [0.25, 0.3) is 0 Å². The highest BCUT2D eigenvalue weighted by molar-refractivity contribution is 7.89. The predicted molar refractivity (Wildman–Crippen MR) is 121 cm³/mol. The van der Waals surface area contributed by atoms with Crippen molar-refractivity contribution in [1.82, 2.24) is 14.7 Å². The number of sulfonamides is 1. The summed E-state index contributed by atoms with van der Waals surface area (Å²) < 4.78 is 40.7. The van der Waals surface area contributed by atoms with E-state index in [1.165, 1.54) is 23.2 Å². The number of rotatable bonds is 9. The number of pyridine rings is 1. The largest absolute Gasteiger partial charge is 0.361 e. The number of fused-ring (bicyclic) bond motifs is 3. The summed E-state index contributed by atoms with van der Waals surface area (Å²) in [5.74, 6) is -0.228. The highest BCUT2D eigenvalue weighted by Gasteiger charge is 2.20. The third-order valence-corrected chi connectivity index (χ3v) is 7.76. The topological polar surface area (TPSA) is 84.0 Å². The molecule has 2 N–H and O–H groups in total. The van der Waals surface area contributed by atoms with Gasteiger partial charge in [-0.3, -0.25) is 4.98 Å². The Morgan fingerprint density at radius 3 is 2.81 bits per heavy atom. The van der Waals surface area contributed by atoms with E-state index in [0.717, 1.165) is 67.0 Å². The Morgan fingerprint density at radius 1 is 1.10 bits per heavy atom. The first-order valence-electron chi connectivity index (χ1n) is 10.4. The van der Waals surface area contributed by atoms with E-state index < -0.39 is 10.0 Å². The van der Waals surface area contributed by atoms with Crippen molar-refractivity contribution in [2.45, 2.75) is 43.4 Å². The molecule has 0 fully saturated rings. The van der Waals surface area contributed by atoms with Gasteiger partial charge in [0.05, 0.1) is 5.69 Å². The maximum absolute atomic E-state index is 13.8. The fraction of sp³-hybridized carbons (Fsp3) is 0.364. The number of hydrogen-bond acceptors (Lipinski definition) is 6. The van der Waals surface area contributed by atoms with Gasteiger partial charge in [-0.1, -0.05) is 12.5 Å². The van der Waals surface area contributed by atoms with E-state index in [1.807, 2.05) is 6.07 Å². The minimum absolute atomic E-state index is 0.182. The number of aryl methyl sites for hydroxylation is 2. The smallest absolute Gasteiger partial charge is 0.242 e. The second-order valence-electron chi connectivity index (χ2n) is 7.52. The zero-order chi connectivity index (χ0) is 21.7. The number of anilines is 1. The Hall–Kier alpha value is -2.36. The first-order chi connectivity index (χ1) is 15.0. The van der Waals surface area contributed by atoms with E-state index in [4.69, 9.17) is 4.98 Å². The van der Waals surface area contributed by atoms with E-state index >= 15 is 0 Å². The molecule has 6 nitrogen and oxygen atoms in total. The summed E-state index contributed by atoms with van der Waals surface area (Å²) in [6, 6.07) is 8.12. The summed E-state index contributed by atoms with van der Waals surface area (Å²) in [4.78, 5) is 9.97. The molecule has 2 heterocycles. The normalized spacial score (nSPS) is 13.3. The van der Waals surface area contributed by atoms with Crippen LogP contribution in [0.1, 0.15) is 36.1 Å². The first kappa shape index (κ1) is 21.9. The summed E-state index contributed by atoms with van der Waals surface area (Å²) in [6.07, 6.45) is 8.39. The molecule has 0 aliphatic heterocycles. The van der Waals surface area contributed by atoms with E-state index in [9.17, 15) is 12.8 Å². The molecule has 1 aliphatic rings. The van der Waals surface area contributed by atoms with Gasteiger partial charge in [0.1, 0.15) is 10.7 Å². The zero-order valence-electron chi connectivity index (χ0n) is 17.1. The Balaban J connectivity index is 1.23. The molecule has 1 aliphatic carbocycles. The third kappa shape index (κ3) is 5.47. The van der Waals surface area contributed by atoms with E-state index in [1.54, 1.807) is 29.7 Å². The van der Waals surface area contributed by atoms with Crippen molar-refractivity contribution >= 4 is 26.5 Å². The lowest BCUT2D eigenvalue weighted by Crippen LogP contribution is -2.24. The van der Waals surface area contributed by atoms with E-state index in [2.05, 4.69) is 15.0 Å². The lowest BCUT2D eigenvalue weighted by Gasteiger charge is -2.07. The maximum Gasteiger partial charge on any atom is 0.242 e. The van der Waals surface area contributed by atoms with Crippen LogP contribution in [0.2, 0.25) is 0 Å². The van der Waals surface area contributed by atoms with Gasteiger partial charge in [-0.15, -0.1) is 11.3 Å². The number of hydrogen-bond donors (Lipinski definition) is 2. The van der Waals surface area contributed by atoms with Crippen molar-refractivity contribution in [1.29, 1.82) is 0 Å². The van der Waals surface area contributed by atoms with Crippen LogP contribution in [0.5, 0.6) is 0 Å². The molecule has 164 valence electrons. The average molecular weight is 461 g/mol. The first-order valence-corrected chi connectivity index (χ1v) is 12.7. The predicted octanol–water partition coefficient (Wildman–Crippen LogP) is 4.39. The summed E-state index contributed by atoms with van der Waals surface area (Å²) in [5.41, 5.74) is 2.98. The molecule has 0 saturated carbocycles. The molecule has 0 saturated heterocycles. The third-order valence-electron chi connectivity index (χ3n) is 5.24. The standard InChI is InChI=1S/C22H25FN4O2S2/c23-17-10-9-16-6-4-8-20-21(19(16)14-17)27-22(30-20)25-12-2-1-3-13-26-31(28,29)18-7-5-11-24-15-18/h5,7,9-11,14-15,26H,1-4,6,8,12-13H2,(H,25,27). The molecule has 0 amide bonds. The summed E-state index contributed by atoms with van der Waals surface area (Å²) in [5, 5.41) is 4.23. The number of halogens is 1.